The van der Waals surface area contributed by atoms with E-state index in [1.54, 1.807) is 0 Å². The molecule has 6 aromatic rings. The first kappa shape index (κ1) is 37.9. The van der Waals surface area contributed by atoms with E-state index in [-0.39, 0.29) is 25.5 Å². The van der Waals surface area contributed by atoms with Crippen molar-refractivity contribution in [3.63, 3.8) is 0 Å². The molecule has 2 nitrogen and oxygen atoms in total. The van der Waals surface area contributed by atoms with E-state index in [9.17, 15) is 0 Å². The van der Waals surface area contributed by atoms with Gasteiger partial charge in [0.05, 0.1) is 8.07 Å². The molecule has 0 atom stereocenters. The fourth-order valence-electron chi connectivity index (χ4n) is 5.96. The van der Waals surface area contributed by atoms with Crippen LogP contribution in [0.5, 0.6) is 0 Å². The molecule has 0 saturated carbocycles. The summed E-state index contributed by atoms with van der Waals surface area (Å²) in [5, 5.41) is 1.48. The second-order valence-corrected chi connectivity index (χ2v) is 20.1. The monoisotopic (exact) mass is 837 g/mol. The van der Waals surface area contributed by atoms with Crippen LogP contribution >= 0.6 is 0 Å². The maximum Gasteiger partial charge on any atom is 0.0798 e. The van der Waals surface area contributed by atoms with E-state index in [1.165, 1.54) is 38.6 Å². The number of hydrogen-bond donors (Lipinski definition) is 0. The zero-order valence-corrected chi connectivity index (χ0v) is 33.5. The number of rotatable bonds is 7. The summed E-state index contributed by atoms with van der Waals surface area (Å²) in [6.07, 6.45) is 5.23. The summed E-state index contributed by atoms with van der Waals surface area (Å²) in [6.45, 7) is 18.5. The molecule has 0 aliphatic heterocycles. The molecule has 4 heteroatoms. The minimum atomic E-state index is -1.37. The van der Waals surface area contributed by atoms with E-state index in [4.69, 9.17) is 9.97 Å². The Labute approximate surface area is 309 Å². The Hall–Kier alpha value is -3.95. The summed E-state index contributed by atoms with van der Waals surface area (Å²) in [5.41, 5.74) is 12.0. The summed E-state index contributed by atoms with van der Waals surface area (Å²) >= 11 is 0. The Morgan fingerprint density at radius 3 is 1.82 bits per heavy atom. The van der Waals surface area contributed by atoms with E-state index < -0.39 is 8.07 Å². The Morgan fingerprint density at radius 1 is 0.633 bits per heavy atom. The zero-order chi connectivity index (χ0) is 34.3. The molecule has 2 heterocycles. The van der Waals surface area contributed by atoms with Gasteiger partial charge in [-0.05, 0) is 56.6 Å². The summed E-state index contributed by atoms with van der Waals surface area (Å²) in [7, 11) is -1.37. The number of aromatic nitrogens is 2. The van der Waals surface area contributed by atoms with E-state index in [0.29, 0.717) is 5.92 Å². The first-order valence-electron chi connectivity index (χ1n) is 17.0. The molecule has 0 fully saturated rings. The van der Waals surface area contributed by atoms with Crippen molar-refractivity contribution in [2.45, 2.75) is 66.6 Å². The standard InChI is InChI=1S/C26H22N.C19H26NSi.Ir/c1-19(2)25-18-27-26(17-24(25)21-12-7-4-8-13-21)23-15-9-14-22(16-23)20-10-5-3-6-11-20;1-19(2,3)13-16-12-17(15-10-8-7-9-11-15)20-14-18(16)21(4,5)6;/h3-14,16-19H,1-2H3;7-10,12,14H,13H2,1-6H3;/q2*-1;. The quantitative estimate of drug-likeness (QED) is 0.118. The predicted octanol–water partition coefficient (Wildman–Crippen LogP) is 11.7. The summed E-state index contributed by atoms with van der Waals surface area (Å²) < 4.78 is 0. The van der Waals surface area contributed by atoms with Crippen LogP contribution in [0.2, 0.25) is 19.6 Å². The van der Waals surface area contributed by atoms with Crippen LogP contribution in [-0.4, -0.2) is 18.0 Å². The molecule has 0 unspecified atom stereocenters. The number of benzene rings is 4. The third-order valence-electron chi connectivity index (χ3n) is 8.33. The molecule has 0 saturated heterocycles. The second kappa shape index (κ2) is 16.6. The van der Waals surface area contributed by atoms with Gasteiger partial charge in [0.15, 0.2) is 0 Å². The van der Waals surface area contributed by atoms with Crippen LogP contribution in [0.1, 0.15) is 51.7 Å². The van der Waals surface area contributed by atoms with Crippen LogP contribution < -0.4 is 5.19 Å². The molecule has 0 N–H and O–H groups in total. The fourth-order valence-corrected chi connectivity index (χ4v) is 7.53. The maximum atomic E-state index is 4.76. The Morgan fingerprint density at radius 2 is 1.22 bits per heavy atom. The molecule has 253 valence electrons. The van der Waals surface area contributed by atoms with Gasteiger partial charge in [-0.15, -0.1) is 71.3 Å². The maximum absolute atomic E-state index is 4.76. The SMILES string of the molecule is CC(C)(C)Cc1cc(-c2[c-]cccc2)ncc1[Si](C)(C)C.CC(C)c1cnc(-c2[c-]ccc(-c3ccccc3)c2)cc1-c1ccccc1.[Ir]. The van der Waals surface area contributed by atoms with E-state index >= 15 is 0 Å². The van der Waals surface area contributed by atoms with Crippen molar-refractivity contribution in [1.82, 2.24) is 9.97 Å². The number of nitrogens with zero attached hydrogens (tertiary/aromatic N) is 2. The topological polar surface area (TPSA) is 25.8 Å². The molecule has 4 aromatic carbocycles. The van der Waals surface area contributed by atoms with Gasteiger partial charge < -0.3 is 9.97 Å². The molecule has 6 rings (SSSR count). The molecule has 2 aromatic heterocycles. The van der Waals surface area contributed by atoms with E-state index in [0.717, 1.165) is 28.9 Å². The minimum absolute atomic E-state index is 0. The Kier molecular flexibility index (Phi) is 12.9. The molecule has 49 heavy (non-hydrogen) atoms. The molecular weight excluding hydrogens is 789 g/mol. The summed E-state index contributed by atoms with van der Waals surface area (Å²) in [6, 6.07) is 46.4. The van der Waals surface area contributed by atoms with Gasteiger partial charge in [-0.3, -0.25) is 0 Å². The minimum Gasteiger partial charge on any atom is -0.305 e. The molecule has 0 spiro atoms. The number of hydrogen-bond acceptors (Lipinski definition) is 2. The van der Waals surface area contributed by atoms with Gasteiger partial charge in [-0.25, -0.2) is 0 Å². The van der Waals surface area contributed by atoms with Crippen molar-refractivity contribution in [1.29, 1.82) is 0 Å². The van der Waals surface area contributed by atoms with Gasteiger partial charge in [0, 0.05) is 32.5 Å². The van der Waals surface area contributed by atoms with Gasteiger partial charge in [0.1, 0.15) is 0 Å². The number of pyridine rings is 2. The first-order valence-corrected chi connectivity index (χ1v) is 20.5. The average molecular weight is 837 g/mol. The Bertz CT molecular complexity index is 1920. The molecule has 0 amide bonds. The Balaban J connectivity index is 0.000000224. The summed E-state index contributed by atoms with van der Waals surface area (Å²) in [5.74, 6) is 0.418. The van der Waals surface area contributed by atoms with Crippen LogP contribution in [0.15, 0.2) is 128 Å². The van der Waals surface area contributed by atoms with Crippen molar-refractivity contribution < 1.29 is 20.1 Å². The zero-order valence-electron chi connectivity index (χ0n) is 30.1. The van der Waals surface area contributed by atoms with Crippen molar-refractivity contribution in [3.8, 4) is 44.8 Å². The second-order valence-electron chi connectivity index (χ2n) is 15.0. The molecule has 1 radical (unpaired) electrons. The molecule has 0 aliphatic carbocycles. The molecular formula is C45H48IrN2Si-2. The van der Waals surface area contributed by atoms with Crippen molar-refractivity contribution in [2.75, 3.05) is 0 Å². The van der Waals surface area contributed by atoms with Gasteiger partial charge in [0.2, 0.25) is 0 Å². The molecule has 0 bridgehead atoms. The van der Waals surface area contributed by atoms with Crippen LogP contribution in [0.4, 0.5) is 0 Å². The van der Waals surface area contributed by atoms with Gasteiger partial charge >= 0.3 is 0 Å². The van der Waals surface area contributed by atoms with Crippen LogP contribution in [0.3, 0.4) is 0 Å². The van der Waals surface area contributed by atoms with Gasteiger partial charge in [-0.2, -0.15) is 0 Å². The van der Waals surface area contributed by atoms with Crippen molar-refractivity contribution in [2.24, 2.45) is 5.41 Å². The van der Waals surface area contributed by atoms with Gasteiger partial charge in [0.25, 0.3) is 0 Å². The normalized spacial score (nSPS) is 11.4. The van der Waals surface area contributed by atoms with E-state index in [2.05, 4.69) is 158 Å². The third-order valence-corrected chi connectivity index (χ3v) is 10.4. The summed E-state index contributed by atoms with van der Waals surface area (Å²) in [4.78, 5) is 9.47. The van der Waals surface area contributed by atoms with E-state index in [1.807, 2.05) is 36.5 Å². The van der Waals surface area contributed by atoms with Crippen LogP contribution in [-0.2, 0) is 26.5 Å². The van der Waals surface area contributed by atoms with Crippen molar-refractivity contribution in [3.05, 3.63) is 151 Å². The van der Waals surface area contributed by atoms with Gasteiger partial charge in [-0.1, -0.05) is 133 Å². The van der Waals surface area contributed by atoms with Crippen molar-refractivity contribution >= 4 is 13.3 Å². The largest absolute Gasteiger partial charge is 0.305 e. The molecule has 0 aliphatic rings. The smallest absolute Gasteiger partial charge is 0.0798 e. The third kappa shape index (κ3) is 10.3. The fraction of sp³-hybridized carbons (Fsp3) is 0.244. The van der Waals surface area contributed by atoms with Crippen LogP contribution in [0.25, 0.3) is 44.8 Å². The first-order chi connectivity index (χ1) is 22.9. The predicted molar refractivity (Wildman–Crippen MR) is 208 cm³/mol. The van der Waals surface area contributed by atoms with Crippen LogP contribution in [0, 0.1) is 17.5 Å². The average Bonchev–Trinajstić information content (AvgIpc) is 3.08.